The van der Waals surface area contributed by atoms with Crippen LogP contribution in [0.5, 0.6) is 0 Å². The maximum absolute atomic E-state index is 11.8. The van der Waals surface area contributed by atoms with E-state index in [9.17, 15) is 4.79 Å². The van der Waals surface area contributed by atoms with Gasteiger partial charge in [-0.2, -0.15) is 0 Å². The number of aromatic nitrogens is 2. The Morgan fingerprint density at radius 2 is 2.16 bits per heavy atom. The number of rotatable bonds is 5. The standard InChI is InChI=1S/C14H16N4O/c1-11-3-2-4-12(9-11)14(19)18-8-7-17-13-10-15-5-6-16-13/h2-6,9-10H,7-8H2,1H3,(H,16,17)(H,18,19). The minimum absolute atomic E-state index is 0.0651. The molecule has 2 aromatic rings. The zero-order chi connectivity index (χ0) is 13.5. The highest BCUT2D eigenvalue weighted by Gasteiger charge is 2.03. The van der Waals surface area contributed by atoms with E-state index in [1.54, 1.807) is 24.7 Å². The SMILES string of the molecule is Cc1cccc(C(=O)NCCNc2cnccn2)c1. The van der Waals surface area contributed by atoms with Crippen LogP contribution >= 0.6 is 0 Å². The van der Waals surface area contributed by atoms with Gasteiger partial charge in [0.15, 0.2) is 0 Å². The monoisotopic (exact) mass is 256 g/mol. The van der Waals surface area contributed by atoms with E-state index >= 15 is 0 Å². The molecule has 0 saturated carbocycles. The van der Waals surface area contributed by atoms with Crippen molar-refractivity contribution in [3.8, 4) is 0 Å². The maximum Gasteiger partial charge on any atom is 0.251 e. The number of aryl methyl sites for hydroxylation is 1. The minimum Gasteiger partial charge on any atom is -0.367 e. The molecule has 98 valence electrons. The number of benzene rings is 1. The summed E-state index contributed by atoms with van der Waals surface area (Å²) in [4.78, 5) is 19.9. The summed E-state index contributed by atoms with van der Waals surface area (Å²) in [6.45, 7) is 3.10. The molecular formula is C14H16N4O. The van der Waals surface area contributed by atoms with Gasteiger partial charge in [-0.3, -0.25) is 9.78 Å². The largest absolute Gasteiger partial charge is 0.367 e. The van der Waals surface area contributed by atoms with Crippen LogP contribution in [0.4, 0.5) is 5.82 Å². The van der Waals surface area contributed by atoms with Gasteiger partial charge in [-0.25, -0.2) is 4.98 Å². The van der Waals surface area contributed by atoms with Crippen LogP contribution < -0.4 is 10.6 Å². The molecule has 5 heteroatoms. The molecule has 0 atom stereocenters. The second kappa shape index (κ2) is 6.49. The number of nitrogens with zero attached hydrogens (tertiary/aromatic N) is 2. The molecule has 2 N–H and O–H groups in total. The molecule has 1 heterocycles. The first-order valence-corrected chi connectivity index (χ1v) is 6.10. The topological polar surface area (TPSA) is 66.9 Å². The molecule has 0 aliphatic rings. The van der Waals surface area contributed by atoms with Gasteiger partial charge in [-0.15, -0.1) is 0 Å². The smallest absolute Gasteiger partial charge is 0.251 e. The summed E-state index contributed by atoms with van der Waals surface area (Å²) in [6, 6.07) is 7.51. The Kier molecular flexibility index (Phi) is 4.44. The lowest BCUT2D eigenvalue weighted by molar-refractivity contribution is 0.0955. The number of carbonyl (C=O) groups is 1. The van der Waals surface area contributed by atoms with E-state index < -0.39 is 0 Å². The summed E-state index contributed by atoms with van der Waals surface area (Å²) in [5, 5.41) is 5.92. The highest BCUT2D eigenvalue weighted by molar-refractivity contribution is 5.94. The maximum atomic E-state index is 11.8. The van der Waals surface area contributed by atoms with Crippen molar-refractivity contribution in [3.63, 3.8) is 0 Å². The van der Waals surface area contributed by atoms with Crippen LogP contribution in [0.2, 0.25) is 0 Å². The van der Waals surface area contributed by atoms with Crippen molar-refractivity contribution in [2.75, 3.05) is 18.4 Å². The normalized spacial score (nSPS) is 9.95. The van der Waals surface area contributed by atoms with Crippen molar-refractivity contribution >= 4 is 11.7 Å². The molecule has 1 aromatic heterocycles. The number of nitrogens with one attached hydrogen (secondary N) is 2. The highest BCUT2D eigenvalue weighted by Crippen LogP contribution is 2.03. The van der Waals surface area contributed by atoms with Gasteiger partial charge >= 0.3 is 0 Å². The van der Waals surface area contributed by atoms with Crippen molar-refractivity contribution in [2.45, 2.75) is 6.92 Å². The Balaban J connectivity index is 1.75. The van der Waals surface area contributed by atoms with E-state index in [2.05, 4.69) is 20.6 Å². The summed E-state index contributed by atoms with van der Waals surface area (Å²) in [5.41, 5.74) is 1.75. The summed E-state index contributed by atoms with van der Waals surface area (Å²) in [6.07, 6.45) is 4.88. The molecule has 0 aliphatic heterocycles. The Morgan fingerprint density at radius 1 is 1.26 bits per heavy atom. The molecule has 0 bridgehead atoms. The Hall–Kier alpha value is -2.43. The molecular weight excluding hydrogens is 240 g/mol. The zero-order valence-corrected chi connectivity index (χ0v) is 10.8. The fourth-order valence-corrected chi connectivity index (χ4v) is 1.65. The lowest BCUT2D eigenvalue weighted by atomic mass is 10.1. The fourth-order valence-electron chi connectivity index (χ4n) is 1.65. The van der Waals surface area contributed by atoms with E-state index in [1.807, 2.05) is 25.1 Å². The number of hydrogen-bond acceptors (Lipinski definition) is 4. The van der Waals surface area contributed by atoms with Crippen molar-refractivity contribution in [1.82, 2.24) is 15.3 Å². The van der Waals surface area contributed by atoms with Gasteiger partial charge in [0.25, 0.3) is 5.91 Å². The second-order valence-corrected chi connectivity index (χ2v) is 4.14. The zero-order valence-electron chi connectivity index (χ0n) is 10.8. The molecule has 0 aliphatic carbocycles. The van der Waals surface area contributed by atoms with Crippen LogP contribution in [0.1, 0.15) is 15.9 Å². The molecule has 19 heavy (non-hydrogen) atoms. The minimum atomic E-state index is -0.0651. The quantitative estimate of drug-likeness (QED) is 0.798. The van der Waals surface area contributed by atoms with E-state index in [4.69, 9.17) is 0 Å². The van der Waals surface area contributed by atoms with Crippen LogP contribution in [-0.2, 0) is 0 Å². The van der Waals surface area contributed by atoms with Crippen LogP contribution in [0.15, 0.2) is 42.9 Å². The number of carbonyl (C=O) groups excluding carboxylic acids is 1. The molecule has 0 unspecified atom stereocenters. The summed E-state index contributed by atoms with van der Waals surface area (Å²) in [5.74, 6) is 0.636. The van der Waals surface area contributed by atoms with Gasteiger partial charge in [0.05, 0.1) is 6.20 Å². The molecule has 0 spiro atoms. The Morgan fingerprint density at radius 3 is 2.89 bits per heavy atom. The lowest BCUT2D eigenvalue weighted by Gasteiger charge is -2.07. The van der Waals surface area contributed by atoms with E-state index in [0.29, 0.717) is 24.5 Å². The van der Waals surface area contributed by atoms with Crippen molar-refractivity contribution < 1.29 is 4.79 Å². The van der Waals surface area contributed by atoms with E-state index in [1.165, 1.54) is 0 Å². The van der Waals surface area contributed by atoms with Crippen LogP contribution in [0.25, 0.3) is 0 Å². The molecule has 5 nitrogen and oxygen atoms in total. The molecule has 0 saturated heterocycles. The van der Waals surface area contributed by atoms with Crippen LogP contribution in [0, 0.1) is 6.92 Å². The summed E-state index contributed by atoms with van der Waals surface area (Å²) in [7, 11) is 0. The van der Waals surface area contributed by atoms with Gasteiger partial charge in [0, 0.05) is 31.0 Å². The van der Waals surface area contributed by atoms with Crippen LogP contribution in [0.3, 0.4) is 0 Å². The van der Waals surface area contributed by atoms with E-state index in [0.717, 1.165) is 5.56 Å². The predicted octanol–water partition coefficient (Wildman–Crippen LogP) is 1.63. The summed E-state index contributed by atoms with van der Waals surface area (Å²) >= 11 is 0. The van der Waals surface area contributed by atoms with Gasteiger partial charge in [0.2, 0.25) is 0 Å². The van der Waals surface area contributed by atoms with Gasteiger partial charge in [-0.05, 0) is 19.1 Å². The summed E-state index contributed by atoms with van der Waals surface area (Å²) < 4.78 is 0. The molecule has 1 amide bonds. The predicted molar refractivity (Wildman–Crippen MR) is 74.0 cm³/mol. The van der Waals surface area contributed by atoms with Gasteiger partial charge in [0.1, 0.15) is 5.82 Å². The third-order valence-corrected chi connectivity index (χ3v) is 2.56. The Bertz CT molecular complexity index is 542. The van der Waals surface area contributed by atoms with Crippen molar-refractivity contribution in [1.29, 1.82) is 0 Å². The van der Waals surface area contributed by atoms with Crippen molar-refractivity contribution in [3.05, 3.63) is 54.0 Å². The van der Waals surface area contributed by atoms with Crippen LogP contribution in [-0.4, -0.2) is 29.0 Å². The third-order valence-electron chi connectivity index (χ3n) is 2.56. The first kappa shape index (κ1) is 13.0. The first-order valence-electron chi connectivity index (χ1n) is 6.10. The number of amides is 1. The fraction of sp³-hybridized carbons (Fsp3) is 0.214. The molecule has 2 rings (SSSR count). The third kappa shape index (κ3) is 4.06. The second-order valence-electron chi connectivity index (χ2n) is 4.14. The highest BCUT2D eigenvalue weighted by atomic mass is 16.1. The average molecular weight is 256 g/mol. The molecule has 1 aromatic carbocycles. The first-order chi connectivity index (χ1) is 9.25. The Labute approximate surface area is 112 Å². The number of anilines is 1. The van der Waals surface area contributed by atoms with Gasteiger partial charge in [-0.1, -0.05) is 17.7 Å². The number of hydrogen-bond donors (Lipinski definition) is 2. The molecule has 0 fully saturated rings. The van der Waals surface area contributed by atoms with Crippen molar-refractivity contribution in [2.24, 2.45) is 0 Å². The lowest BCUT2D eigenvalue weighted by Crippen LogP contribution is -2.28. The molecule has 0 radical (unpaired) electrons. The van der Waals surface area contributed by atoms with Gasteiger partial charge < -0.3 is 10.6 Å². The average Bonchev–Trinajstić information content (AvgIpc) is 2.44. The van der Waals surface area contributed by atoms with E-state index in [-0.39, 0.29) is 5.91 Å².